The Morgan fingerprint density at radius 3 is 2.35 bits per heavy atom. The van der Waals surface area contributed by atoms with E-state index in [0.717, 1.165) is 12.3 Å². The average molecular weight is 287 g/mol. The van der Waals surface area contributed by atoms with Gasteiger partial charge in [0.15, 0.2) is 0 Å². The van der Waals surface area contributed by atoms with Crippen LogP contribution in [0, 0.1) is 10.1 Å². The summed E-state index contributed by atoms with van der Waals surface area (Å²) in [6.07, 6.45) is 0.830. The fraction of sp³-hybridized carbons (Fsp3) is 0.400. The number of hydrogen-bond acceptors (Lipinski definition) is 7. The summed E-state index contributed by atoms with van der Waals surface area (Å²) in [7, 11) is 0. The molecule has 10 nitrogen and oxygen atoms in total. The first-order valence-electron chi connectivity index (χ1n) is 5.41. The number of nitrogens with one attached hydrogen (secondary N) is 2. The molecule has 110 valence electrons. The lowest BCUT2D eigenvalue weighted by atomic mass is 10.0. The molecule has 20 heavy (non-hydrogen) atoms. The van der Waals surface area contributed by atoms with Gasteiger partial charge < -0.3 is 25.6 Å². The van der Waals surface area contributed by atoms with Crippen LogP contribution in [-0.4, -0.2) is 56.5 Å². The van der Waals surface area contributed by atoms with E-state index >= 15 is 0 Å². The van der Waals surface area contributed by atoms with E-state index in [9.17, 15) is 19.7 Å². The highest BCUT2D eigenvalue weighted by atomic mass is 16.6. The SMILES string of the molecule is O=C(NC(CO)(CO)CO)c1cc([N+](=O)[O-])c[nH]c1=O. The molecule has 0 aliphatic heterocycles. The van der Waals surface area contributed by atoms with Gasteiger partial charge in [-0.05, 0) is 0 Å². The highest BCUT2D eigenvalue weighted by Gasteiger charge is 2.31. The molecule has 0 spiro atoms. The summed E-state index contributed by atoms with van der Waals surface area (Å²) in [4.78, 5) is 35.1. The second-order valence-corrected chi connectivity index (χ2v) is 4.07. The number of nitro groups is 1. The third-order valence-electron chi connectivity index (χ3n) is 2.63. The van der Waals surface area contributed by atoms with Crippen LogP contribution in [0.4, 0.5) is 5.69 Å². The van der Waals surface area contributed by atoms with Crippen LogP contribution in [0.1, 0.15) is 10.4 Å². The second kappa shape index (κ2) is 6.23. The topological polar surface area (TPSA) is 166 Å². The van der Waals surface area contributed by atoms with Gasteiger partial charge >= 0.3 is 0 Å². The Hall–Kier alpha value is -2.30. The molecule has 1 heterocycles. The van der Waals surface area contributed by atoms with Crippen LogP contribution in [0.3, 0.4) is 0 Å². The first kappa shape index (κ1) is 15.8. The number of hydrogen-bond donors (Lipinski definition) is 5. The standard InChI is InChI=1S/C10H13N3O7/c14-3-10(4-15,5-16)12-9(18)7-1-6(13(19)20)2-11-8(7)17/h1-2,14-16H,3-5H2,(H,11,17)(H,12,18). The molecule has 0 aliphatic carbocycles. The number of pyridine rings is 1. The highest BCUT2D eigenvalue weighted by Crippen LogP contribution is 2.09. The Kier molecular flexibility index (Phi) is 4.91. The van der Waals surface area contributed by atoms with Gasteiger partial charge in [0.25, 0.3) is 17.2 Å². The van der Waals surface area contributed by atoms with E-state index in [4.69, 9.17) is 15.3 Å². The van der Waals surface area contributed by atoms with E-state index < -0.39 is 53.0 Å². The summed E-state index contributed by atoms with van der Waals surface area (Å²) >= 11 is 0. The van der Waals surface area contributed by atoms with Crippen LogP contribution in [0.5, 0.6) is 0 Å². The molecule has 0 radical (unpaired) electrons. The van der Waals surface area contributed by atoms with Crippen LogP contribution >= 0.6 is 0 Å². The second-order valence-electron chi connectivity index (χ2n) is 4.07. The lowest BCUT2D eigenvalue weighted by Gasteiger charge is -2.28. The van der Waals surface area contributed by atoms with E-state index in [2.05, 4.69) is 5.32 Å². The molecule has 1 aromatic heterocycles. The highest BCUT2D eigenvalue weighted by molar-refractivity contribution is 5.94. The molecule has 0 saturated heterocycles. The van der Waals surface area contributed by atoms with Crippen molar-refractivity contribution in [2.45, 2.75) is 5.54 Å². The van der Waals surface area contributed by atoms with Crippen molar-refractivity contribution in [3.63, 3.8) is 0 Å². The lowest BCUT2D eigenvalue weighted by molar-refractivity contribution is -0.385. The third kappa shape index (κ3) is 3.17. The van der Waals surface area contributed by atoms with E-state index in [-0.39, 0.29) is 0 Å². The van der Waals surface area contributed by atoms with Gasteiger partial charge in [-0.1, -0.05) is 0 Å². The fourth-order valence-electron chi connectivity index (χ4n) is 1.32. The average Bonchev–Trinajstić information content (AvgIpc) is 2.45. The number of carbonyl (C=O) groups is 1. The predicted octanol–water partition coefficient (Wildman–Crippen LogP) is -2.27. The minimum atomic E-state index is -1.73. The molecular weight excluding hydrogens is 274 g/mol. The minimum Gasteiger partial charge on any atom is -0.394 e. The van der Waals surface area contributed by atoms with Gasteiger partial charge in [0.1, 0.15) is 11.1 Å². The lowest BCUT2D eigenvalue weighted by Crippen LogP contribution is -2.57. The van der Waals surface area contributed by atoms with Gasteiger partial charge in [-0.2, -0.15) is 0 Å². The quantitative estimate of drug-likeness (QED) is 0.290. The van der Waals surface area contributed by atoms with E-state index in [1.54, 1.807) is 0 Å². The van der Waals surface area contributed by atoms with Crippen molar-refractivity contribution in [3.05, 3.63) is 38.3 Å². The largest absolute Gasteiger partial charge is 0.394 e. The maximum atomic E-state index is 11.8. The molecule has 0 unspecified atom stereocenters. The summed E-state index contributed by atoms with van der Waals surface area (Å²) < 4.78 is 0. The van der Waals surface area contributed by atoms with Crippen LogP contribution in [0.2, 0.25) is 0 Å². The predicted molar refractivity (Wildman–Crippen MR) is 65.2 cm³/mol. The van der Waals surface area contributed by atoms with Crippen molar-refractivity contribution in [1.82, 2.24) is 10.3 Å². The number of aromatic nitrogens is 1. The van der Waals surface area contributed by atoms with Gasteiger partial charge in [-0.25, -0.2) is 0 Å². The van der Waals surface area contributed by atoms with Crippen LogP contribution in [-0.2, 0) is 0 Å². The van der Waals surface area contributed by atoms with Crippen LogP contribution in [0.25, 0.3) is 0 Å². The molecule has 0 fully saturated rings. The normalized spacial score (nSPS) is 11.2. The first-order valence-corrected chi connectivity index (χ1v) is 5.41. The molecule has 0 aromatic carbocycles. The summed E-state index contributed by atoms with van der Waals surface area (Å²) in [5.74, 6) is -1.06. The number of carbonyl (C=O) groups excluding carboxylic acids is 1. The number of aromatic amines is 1. The molecule has 1 aromatic rings. The number of aliphatic hydroxyl groups is 3. The zero-order valence-electron chi connectivity index (χ0n) is 10.2. The zero-order chi connectivity index (χ0) is 15.3. The Morgan fingerprint density at radius 1 is 1.35 bits per heavy atom. The summed E-state index contributed by atoms with van der Waals surface area (Å²) in [5.41, 5.74) is -3.68. The minimum absolute atomic E-state index is 0.502. The smallest absolute Gasteiger partial charge is 0.286 e. The van der Waals surface area contributed by atoms with Crippen molar-refractivity contribution in [2.75, 3.05) is 19.8 Å². The third-order valence-corrected chi connectivity index (χ3v) is 2.63. The molecular formula is C10H13N3O7. The number of amides is 1. The summed E-state index contributed by atoms with van der Waals surface area (Å²) in [6, 6.07) is 0.755. The number of rotatable bonds is 6. The van der Waals surface area contributed by atoms with Crippen molar-refractivity contribution in [2.24, 2.45) is 0 Å². The molecule has 5 N–H and O–H groups in total. The van der Waals surface area contributed by atoms with E-state index in [0.29, 0.717) is 0 Å². The molecule has 1 rings (SSSR count). The van der Waals surface area contributed by atoms with Crippen molar-refractivity contribution in [1.29, 1.82) is 0 Å². The van der Waals surface area contributed by atoms with Gasteiger partial charge in [-0.15, -0.1) is 0 Å². The summed E-state index contributed by atoms with van der Waals surface area (Å²) in [6.45, 7) is -2.34. The summed E-state index contributed by atoms with van der Waals surface area (Å²) in [5, 5.41) is 39.8. The van der Waals surface area contributed by atoms with Crippen LogP contribution in [0.15, 0.2) is 17.1 Å². The van der Waals surface area contributed by atoms with Gasteiger partial charge in [0, 0.05) is 6.07 Å². The Morgan fingerprint density at radius 2 is 1.90 bits per heavy atom. The van der Waals surface area contributed by atoms with Gasteiger partial charge in [-0.3, -0.25) is 19.7 Å². The van der Waals surface area contributed by atoms with Gasteiger partial charge in [0.05, 0.1) is 30.9 Å². The number of aliphatic hydroxyl groups excluding tert-OH is 3. The number of nitrogens with zero attached hydrogens (tertiary/aromatic N) is 1. The first-order chi connectivity index (χ1) is 9.39. The molecule has 0 bridgehead atoms. The van der Waals surface area contributed by atoms with Gasteiger partial charge in [0.2, 0.25) is 0 Å². The molecule has 0 saturated carbocycles. The Bertz CT molecular complexity index is 556. The monoisotopic (exact) mass is 287 g/mol. The zero-order valence-corrected chi connectivity index (χ0v) is 10.2. The fourth-order valence-corrected chi connectivity index (χ4v) is 1.32. The maximum absolute atomic E-state index is 11.8. The molecule has 1 amide bonds. The maximum Gasteiger partial charge on any atom is 0.286 e. The Labute approximate surface area is 111 Å². The van der Waals surface area contributed by atoms with Crippen molar-refractivity contribution in [3.8, 4) is 0 Å². The number of H-pyrrole nitrogens is 1. The van der Waals surface area contributed by atoms with Crippen LogP contribution < -0.4 is 10.9 Å². The van der Waals surface area contributed by atoms with Crippen molar-refractivity contribution < 1.29 is 25.0 Å². The van der Waals surface area contributed by atoms with E-state index in [1.807, 2.05) is 4.98 Å². The molecule has 10 heteroatoms. The van der Waals surface area contributed by atoms with E-state index in [1.165, 1.54) is 0 Å². The Balaban J connectivity index is 3.12. The molecule has 0 aliphatic rings. The molecule has 0 atom stereocenters. The van der Waals surface area contributed by atoms with Crippen molar-refractivity contribution >= 4 is 11.6 Å².